The number of carbonyl (C=O) groups is 2. The van der Waals surface area contributed by atoms with Crippen LogP contribution < -0.4 is 9.47 Å². The highest BCUT2D eigenvalue weighted by Crippen LogP contribution is 2.39. The van der Waals surface area contributed by atoms with Crippen LogP contribution in [0.3, 0.4) is 0 Å². The molecule has 1 unspecified atom stereocenters. The normalized spacial score (nSPS) is 14.9. The number of carboxylic acid groups (broad SMARTS) is 1. The molecule has 178 valence electrons. The maximum Gasteiger partial charge on any atom is 0.416 e. The van der Waals surface area contributed by atoms with Crippen LogP contribution in [0.25, 0.3) is 0 Å². The fraction of sp³-hybridized carbons (Fsp3) is 0.192. The van der Waals surface area contributed by atoms with Crippen LogP contribution in [0.2, 0.25) is 0 Å². The molecule has 1 heterocycles. The fourth-order valence-corrected chi connectivity index (χ4v) is 3.83. The van der Waals surface area contributed by atoms with Crippen molar-refractivity contribution in [1.29, 1.82) is 5.26 Å². The van der Waals surface area contributed by atoms with Crippen molar-refractivity contribution in [3.63, 3.8) is 0 Å². The van der Waals surface area contributed by atoms with E-state index in [4.69, 9.17) is 9.47 Å². The van der Waals surface area contributed by atoms with Crippen molar-refractivity contribution in [2.45, 2.75) is 24.9 Å². The summed E-state index contributed by atoms with van der Waals surface area (Å²) < 4.78 is 50.0. The van der Waals surface area contributed by atoms with Gasteiger partial charge in [0.2, 0.25) is 0 Å². The van der Waals surface area contributed by atoms with Crippen LogP contribution in [0.1, 0.15) is 45.0 Å². The Hall–Kier alpha value is -4.32. The summed E-state index contributed by atoms with van der Waals surface area (Å²) in [6.45, 7) is 0.220. The van der Waals surface area contributed by atoms with E-state index in [0.29, 0.717) is 23.5 Å². The number of hydrogen-bond acceptors (Lipinski definition) is 5. The number of fused-ring (bicyclic) bond motifs is 1. The van der Waals surface area contributed by atoms with Gasteiger partial charge in [-0.25, -0.2) is 0 Å². The largest absolute Gasteiger partial charge is 0.493 e. The lowest BCUT2D eigenvalue weighted by Crippen LogP contribution is -2.21. The van der Waals surface area contributed by atoms with Crippen LogP contribution in [0.15, 0.2) is 60.7 Å². The number of nitriles is 1. The smallest absolute Gasteiger partial charge is 0.416 e. The van der Waals surface area contributed by atoms with Crippen molar-refractivity contribution in [2.75, 3.05) is 6.61 Å². The third-order valence-corrected chi connectivity index (χ3v) is 5.59. The monoisotopic (exact) mass is 481 g/mol. The number of Topliss-reactive ketones (excluding diaryl/α,β-unsaturated/α-hetero) is 1. The van der Waals surface area contributed by atoms with Crippen LogP contribution in [0.4, 0.5) is 13.2 Å². The molecule has 0 amide bonds. The number of benzene rings is 3. The minimum Gasteiger partial charge on any atom is -0.493 e. The average Bonchev–Trinajstić information content (AvgIpc) is 2.83. The van der Waals surface area contributed by atoms with Crippen molar-refractivity contribution in [3.05, 3.63) is 88.5 Å². The van der Waals surface area contributed by atoms with E-state index in [-0.39, 0.29) is 41.3 Å². The first-order valence-corrected chi connectivity index (χ1v) is 10.6. The number of nitrogens with zero attached hydrogens (tertiary/aromatic N) is 1. The second kappa shape index (κ2) is 9.50. The molecule has 0 radical (unpaired) electrons. The summed E-state index contributed by atoms with van der Waals surface area (Å²) in [5.74, 6) is -1.34. The van der Waals surface area contributed by atoms with Crippen molar-refractivity contribution in [2.24, 2.45) is 0 Å². The molecule has 35 heavy (non-hydrogen) atoms. The molecule has 0 spiro atoms. The van der Waals surface area contributed by atoms with Crippen LogP contribution in [-0.2, 0) is 17.4 Å². The van der Waals surface area contributed by atoms with Gasteiger partial charge >= 0.3 is 12.1 Å². The van der Waals surface area contributed by atoms with E-state index in [2.05, 4.69) is 0 Å². The molecular formula is C26H18F3NO5. The predicted molar refractivity (Wildman–Crippen MR) is 118 cm³/mol. The number of carbonyl (C=O) groups excluding carboxylic acids is 1. The molecule has 0 bridgehead atoms. The second-order valence-corrected chi connectivity index (χ2v) is 7.95. The molecule has 0 aliphatic carbocycles. The molecule has 3 aromatic carbocycles. The van der Waals surface area contributed by atoms with E-state index in [9.17, 15) is 33.1 Å². The molecule has 0 saturated heterocycles. The molecule has 0 fully saturated rings. The van der Waals surface area contributed by atoms with E-state index in [1.165, 1.54) is 48.5 Å². The number of halogens is 3. The quantitative estimate of drug-likeness (QED) is 0.451. The standard InChI is InChI=1S/C26H18F3NO5/c27-26(28,29)18-3-1-2-15(10-18)11-22(31)16-4-6-19(7-5-16)35-23-13-24-21(12-17(23)14-30)20(25(32)33)8-9-34-24/h1-7,10,12-13,20H,8-9,11H2,(H,32,33). The van der Waals surface area contributed by atoms with Crippen molar-refractivity contribution >= 4 is 11.8 Å². The van der Waals surface area contributed by atoms with Gasteiger partial charge in [-0.2, -0.15) is 18.4 Å². The minimum atomic E-state index is -4.49. The molecule has 6 nitrogen and oxygen atoms in total. The predicted octanol–water partition coefficient (Wildman–Crippen LogP) is 5.75. The van der Waals surface area contributed by atoms with Gasteiger partial charge in [0.05, 0.1) is 23.7 Å². The highest BCUT2D eigenvalue weighted by molar-refractivity contribution is 5.97. The Kier molecular flexibility index (Phi) is 6.47. The van der Waals surface area contributed by atoms with E-state index in [1.807, 2.05) is 6.07 Å². The molecular weight excluding hydrogens is 463 g/mol. The summed E-state index contributed by atoms with van der Waals surface area (Å²) in [5.41, 5.74) is 0.253. The Labute approximate surface area is 198 Å². The van der Waals surface area contributed by atoms with E-state index >= 15 is 0 Å². The second-order valence-electron chi connectivity index (χ2n) is 7.95. The Balaban J connectivity index is 1.51. The first kappa shape index (κ1) is 23.8. The van der Waals surface area contributed by atoms with Crippen molar-refractivity contribution < 1.29 is 37.3 Å². The van der Waals surface area contributed by atoms with Crippen LogP contribution in [0.5, 0.6) is 17.2 Å². The molecule has 4 rings (SSSR count). The number of hydrogen-bond donors (Lipinski definition) is 1. The number of alkyl halides is 3. The summed E-state index contributed by atoms with van der Waals surface area (Å²) in [7, 11) is 0. The first-order valence-electron chi connectivity index (χ1n) is 10.6. The third-order valence-electron chi connectivity index (χ3n) is 5.59. The fourth-order valence-electron chi connectivity index (χ4n) is 3.83. The van der Waals surface area contributed by atoms with E-state index in [0.717, 1.165) is 12.1 Å². The molecule has 1 atom stereocenters. The summed E-state index contributed by atoms with van der Waals surface area (Å²) >= 11 is 0. The summed E-state index contributed by atoms with van der Waals surface area (Å²) in [4.78, 5) is 24.1. The zero-order valence-electron chi connectivity index (χ0n) is 18.1. The van der Waals surface area contributed by atoms with Gasteiger partial charge in [0.15, 0.2) is 5.78 Å². The molecule has 1 aliphatic heterocycles. The topological polar surface area (TPSA) is 96.6 Å². The van der Waals surface area contributed by atoms with Gasteiger partial charge in [0.25, 0.3) is 0 Å². The average molecular weight is 481 g/mol. The van der Waals surface area contributed by atoms with Crippen LogP contribution in [-0.4, -0.2) is 23.5 Å². The number of ether oxygens (including phenoxy) is 2. The summed E-state index contributed by atoms with van der Waals surface area (Å²) in [6, 6.07) is 15.5. The van der Waals surface area contributed by atoms with Crippen LogP contribution >= 0.6 is 0 Å². The Bertz CT molecular complexity index is 1330. The maximum absolute atomic E-state index is 12.9. The summed E-state index contributed by atoms with van der Waals surface area (Å²) in [6.07, 6.45) is -4.39. The zero-order chi connectivity index (χ0) is 25.2. The highest BCUT2D eigenvalue weighted by atomic mass is 19.4. The van der Waals surface area contributed by atoms with E-state index in [1.54, 1.807) is 0 Å². The lowest BCUT2D eigenvalue weighted by atomic mass is 9.91. The van der Waals surface area contributed by atoms with Crippen molar-refractivity contribution in [3.8, 4) is 23.3 Å². The highest BCUT2D eigenvalue weighted by Gasteiger charge is 2.31. The van der Waals surface area contributed by atoms with Gasteiger partial charge < -0.3 is 14.6 Å². The Morgan fingerprint density at radius 2 is 1.86 bits per heavy atom. The zero-order valence-corrected chi connectivity index (χ0v) is 18.1. The number of rotatable bonds is 6. The SMILES string of the molecule is N#Cc1cc2c(cc1Oc1ccc(C(=O)Cc3cccc(C(F)(F)F)c3)cc1)OCCC2C(=O)O. The molecule has 1 N–H and O–H groups in total. The molecule has 0 aromatic heterocycles. The van der Waals surface area contributed by atoms with Gasteiger partial charge in [0, 0.05) is 23.6 Å². The Morgan fingerprint density at radius 3 is 2.51 bits per heavy atom. The maximum atomic E-state index is 12.9. The van der Waals surface area contributed by atoms with Gasteiger partial charge in [-0.1, -0.05) is 18.2 Å². The molecule has 0 saturated carbocycles. The first-order chi connectivity index (χ1) is 16.7. The molecule has 1 aliphatic rings. The summed E-state index contributed by atoms with van der Waals surface area (Å²) in [5, 5.41) is 18.9. The van der Waals surface area contributed by atoms with Gasteiger partial charge in [-0.3, -0.25) is 9.59 Å². The number of carboxylic acids is 1. The molecule has 3 aromatic rings. The van der Waals surface area contributed by atoms with Crippen LogP contribution in [0, 0.1) is 11.3 Å². The van der Waals surface area contributed by atoms with Gasteiger partial charge in [-0.15, -0.1) is 0 Å². The third kappa shape index (κ3) is 5.27. The van der Waals surface area contributed by atoms with Crippen molar-refractivity contribution in [1.82, 2.24) is 0 Å². The Morgan fingerprint density at radius 1 is 1.11 bits per heavy atom. The number of aliphatic carboxylic acids is 1. The van der Waals surface area contributed by atoms with E-state index < -0.39 is 23.6 Å². The lowest BCUT2D eigenvalue weighted by Gasteiger charge is -2.24. The minimum absolute atomic E-state index is 0.130. The van der Waals surface area contributed by atoms with Gasteiger partial charge in [-0.05, 0) is 48.4 Å². The molecule has 9 heteroatoms. The lowest BCUT2D eigenvalue weighted by molar-refractivity contribution is -0.139. The van der Waals surface area contributed by atoms with Gasteiger partial charge in [0.1, 0.15) is 23.3 Å². The number of ketones is 1.